The van der Waals surface area contributed by atoms with Crippen molar-refractivity contribution in [1.82, 2.24) is 19.4 Å². The molecule has 2 fully saturated rings. The third-order valence-corrected chi connectivity index (χ3v) is 9.68. The number of carbonyl (C=O) groups excluding carboxylic acids is 2. The van der Waals surface area contributed by atoms with Crippen molar-refractivity contribution in [2.45, 2.75) is 77.2 Å². The summed E-state index contributed by atoms with van der Waals surface area (Å²) in [5, 5.41) is 11.9. The predicted octanol–water partition coefficient (Wildman–Crippen LogP) is 3.70. The van der Waals surface area contributed by atoms with E-state index >= 15 is 0 Å². The van der Waals surface area contributed by atoms with E-state index in [0.29, 0.717) is 47.3 Å². The summed E-state index contributed by atoms with van der Waals surface area (Å²) in [7, 11) is 0. The Labute approximate surface area is 243 Å². The van der Waals surface area contributed by atoms with Crippen LogP contribution in [0.1, 0.15) is 68.2 Å². The Hall–Kier alpha value is -3.76. The van der Waals surface area contributed by atoms with Gasteiger partial charge in [-0.15, -0.1) is 0 Å². The Kier molecular flexibility index (Phi) is 6.58. The van der Waals surface area contributed by atoms with Crippen molar-refractivity contribution in [3.8, 4) is 17.1 Å². The van der Waals surface area contributed by atoms with E-state index in [9.17, 15) is 19.5 Å². The standard InChI is InChI=1S/C32H36N4O6/c1-3-19-7-8-26(42-31(39)35-13-9-21(10-14-35)34-11-5-6-12-34)22-15-20-17-36-25(28(20)33-27(19)22)16-24-23(29(36)37)18-41-30(38)32(24,40)4-2/h7-8,15-16,21,40H,3-6,9-14,17-18H2,1-2H3. The second-order valence-electron chi connectivity index (χ2n) is 11.9. The third-order valence-electron chi connectivity index (χ3n) is 9.68. The molecule has 0 saturated carbocycles. The highest BCUT2D eigenvalue weighted by atomic mass is 16.6. The number of cyclic esters (lactones) is 1. The Morgan fingerprint density at radius 3 is 2.60 bits per heavy atom. The average Bonchev–Trinajstić information content (AvgIpc) is 3.67. The molecule has 2 saturated heterocycles. The van der Waals surface area contributed by atoms with Crippen molar-refractivity contribution < 1.29 is 24.2 Å². The molecule has 42 heavy (non-hydrogen) atoms. The van der Waals surface area contributed by atoms with Gasteiger partial charge in [-0.05, 0) is 75.4 Å². The van der Waals surface area contributed by atoms with E-state index in [2.05, 4.69) is 4.90 Å². The van der Waals surface area contributed by atoms with Crippen LogP contribution in [0.25, 0.3) is 22.3 Å². The van der Waals surface area contributed by atoms with Crippen molar-refractivity contribution in [2.75, 3.05) is 26.2 Å². The molecular weight excluding hydrogens is 536 g/mol. The van der Waals surface area contributed by atoms with Gasteiger partial charge in [0.1, 0.15) is 12.4 Å². The Morgan fingerprint density at radius 2 is 1.88 bits per heavy atom. The smallest absolute Gasteiger partial charge is 0.415 e. The molecule has 0 bridgehead atoms. The van der Waals surface area contributed by atoms with E-state index in [-0.39, 0.29) is 36.8 Å². The number of nitrogens with zero attached hydrogens (tertiary/aromatic N) is 4. The molecule has 1 unspecified atom stereocenters. The van der Waals surface area contributed by atoms with Crippen LogP contribution in [0.3, 0.4) is 0 Å². The van der Waals surface area contributed by atoms with E-state index in [4.69, 9.17) is 14.5 Å². The second kappa shape index (κ2) is 10.2. The average molecular weight is 573 g/mol. The number of rotatable bonds is 4. The highest BCUT2D eigenvalue weighted by molar-refractivity contribution is 5.93. The van der Waals surface area contributed by atoms with Gasteiger partial charge < -0.3 is 28.9 Å². The number of benzene rings is 1. The van der Waals surface area contributed by atoms with Gasteiger partial charge in [-0.2, -0.15) is 0 Å². The number of carbonyl (C=O) groups is 2. The normalized spacial score (nSPS) is 22.2. The summed E-state index contributed by atoms with van der Waals surface area (Å²) in [5.74, 6) is -0.294. The molecule has 2 aromatic heterocycles. The first-order chi connectivity index (χ1) is 20.3. The summed E-state index contributed by atoms with van der Waals surface area (Å²) in [6.45, 7) is 7.52. The van der Waals surface area contributed by atoms with Crippen LogP contribution >= 0.6 is 0 Å². The molecule has 0 radical (unpaired) electrons. The first-order valence-corrected chi connectivity index (χ1v) is 15.2. The summed E-state index contributed by atoms with van der Waals surface area (Å²) in [6, 6.07) is 7.98. The molecule has 6 heterocycles. The van der Waals surface area contributed by atoms with E-state index in [1.807, 2.05) is 25.1 Å². The van der Waals surface area contributed by atoms with Crippen LogP contribution in [-0.2, 0) is 34.7 Å². The second-order valence-corrected chi connectivity index (χ2v) is 11.9. The quantitative estimate of drug-likeness (QED) is 0.369. The molecule has 4 aliphatic heterocycles. The monoisotopic (exact) mass is 572 g/mol. The van der Waals surface area contributed by atoms with Crippen molar-refractivity contribution in [3.05, 3.63) is 56.9 Å². The lowest BCUT2D eigenvalue weighted by Gasteiger charge is -2.36. The highest BCUT2D eigenvalue weighted by Crippen LogP contribution is 2.40. The summed E-state index contributed by atoms with van der Waals surface area (Å²) >= 11 is 0. The van der Waals surface area contributed by atoms with Gasteiger partial charge in [-0.25, -0.2) is 14.6 Å². The number of pyridine rings is 2. The minimum atomic E-state index is -1.87. The number of esters is 1. The molecule has 10 heteroatoms. The van der Waals surface area contributed by atoms with Gasteiger partial charge >= 0.3 is 12.1 Å². The largest absolute Gasteiger partial charge is 0.458 e. The fourth-order valence-electron chi connectivity index (χ4n) is 7.15. The van der Waals surface area contributed by atoms with Gasteiger partial charge in [-0.1, -0.05) is 19.9 Å². The third kappa shape index (κ3) is 4.14. The molecule has 0 aliphatic carbocycles. The molecule has 0 spiro atoms. The van der Waals surface area contributed by atoms with Crippen molar-refractivity contribution in [1.29, 1.82) is 0 Å². The van der Waals surface area contributed by atoms with E-state index in [1.165, 1.54) is 12.8 Å². The lowest BCUT2D eigenvalue weighted by molar-refractivity contribution is -0.172. The van der Waals surface area contributed by atoms with Crippen LogP contribution in [0, 0.1) is 0 Å². The zero-order valence-electron chi connectivity index (χ0n) is 24.1. The number of aryl methyl sites for hydroxylation is 1. The molecule has 7 rings (SSSR count). The maximum Gasteiger partial charge on any atom is 0.415 e. The lowest BCUT2D eigenvalue weighted by atomic mass is 9.86. The van der Waals surface area contributed by atoms with Crippen LogP contribution in [-0.4, -0.2) is 68.7 Å². The van der Waals surface area contributed by atoms with E-state index in [0.717, 1.165) is 48.9 Å². The number of ether oxygens (including phenoxy) is 2. The van der Waals surface area contributed by atoms with Crippen LogP contribution < -0.4 is 10.3 Å². The van der Waals surface area contributed by atoms with Crippen LogP contribution in [0.15, 0.2) is 29.1 Å². The molecule has 4 aliphatic rings. The molecular formula is C32H36N4O6. The number of hydrogen-bond acceptors (Lipinski definition) is 8. The summed E-state index contributed by atoms with van der Waals surface area (Å²) in [6.07, 6.45) is 4.90. The van der Waals surface area contributed by atoms with Crippen LogP contribution in [0.2, 0.25) is 0 Å². The molecule has 3 aromatic rings. The lowest BCUT2D eigenvalue weighted by Crippen LogP contribution is -2.46. The number of aromatic nitrogens is 2. The summed E-state index contributed by atoms with van der Waals surface area (Å²) in [4.78, 5) is 48.7. The fraction of sp³-hybridized carbons (Fsp3) is 0.500. The number of hydrogen-bond donors (Lipinski definition) is 1. The van der Waals surface area contributed by atoms with Gasteiger partial charge in [0.25, 0.3) is 5.56 Å². The van der Waals surface area contributed by atoms with Crippen molar-refractivity contribution in [3.63, 3.8) is 0 Å². The molecule has 10 nitrogen and oxygen atoms in total. The Bertz CT molecular complexity index is 1670. The maximum atomic E-state index is 13.6. The number of piperidine rings is 1. The molecule has 1 N–H and O–H groups in total. The minimum absolute atomic E-state index is 0.0877. The Balaban J connectivity index is 1.22. The van der Waals surface area contributed by atoms with Gasteiger partial charge in [0, 0.05) is 35.6 Å². The number of aliphatic hydroxyl groups is 1. The number of amides is 1. The van der Waals surface area contributed by atoms with Crippen molar-refractivity contribution >= 4 is 23.0 Å². The molecule has 220 valence electrons. The van der Waals surface area contributed by atoms with Crippen molar-refractivity contribution in [2.24, 2.45) is 0 Å². The highest BCUT2D eigenvalue weighted by Gasteiger charge is 2.45. The zero-order valence-corrected chi connectivity index (χ0v) is 24.1. The molecule has 1 amide bonds. The minimum Gasteiger partial charge on any atom is -0.458 e. The maximum absolute atomic E-state index is 13.6. The fourth-order valence-corrected chi connectivity index (χ4v) is 7.15. The number of fused-ring (bicyclic) bond motifs is 5. The van der Waals surface area contributed by atoms with Gasteiger partial charge in [-0.3, -0.25) is 4.79 Å². The predicted molar refractivity (Wildman–Crippen MR) is 155 cm³/mol. The first-order valence-electron chi connectivity index (χ1n) is 15.2. The summed E-state index contributed by atoms with van der Waals surface area (Å²) in [5.41, 5.74) is 2.10. The topological polar surface area (TPSA) is 114 Å². The van der Waals surface area contributed by atoms with Gasteiger partial charge in [0.2, 0.25) is 0 Å². The Morgan fingerprint density at radius 1 is 1.12 bits per heavy atom. The first kappa shape index (κ1) is 27.1. The van der Waals surface area contributed by atoms with Crippen LogP contribution in [0.5, 0.6) is 5.75 Å². The van der Waals surface area contributed by atoms with Gasteiger partial charge in [0.05, 0.1) is 29.0 Å². The number of likely N-dealkylation sites (tertiary alicyclic amines) is 2. The summed E-state index contributed by atoms with van der Waals surface area (Å²) < 4.78 is 12.8. The van der Waals surface area contributed by atoms with Crippen LogP contribution in [0.4, 0.5) is 4.79 Å². The zero-order chi connectivity index (χ0) is 29.2. The molecule has 1 aromatic carbocycles. The SMILES string of the molecule is CCc1ccc(OC(=O)N2CCC(N3CCCC3)CC2)c2cc3c(nc12)-c1cc2c(c(=O)n1C3)COC(=O)C2(O)CC. The van der Waals surface area contributed by atoms with E-state index in [1.54, 1.807) is 22.5 Å². The molecule has 1 atom stereocenters. The van der Waals surface area contributed by atoms with Gasteiger partial charge in [0.15, 0.2) is 5.60 Å². The van der Waals surface area contributed by atoms with E-state index < -0.39 is 11.6 Å².